The highest BCUT2D eigenvalue weighted by Gasteiger charge is 2.29. The van der Waals surface area contributed by atoms with Crippen LogP contribution in [0.5, 0.6) is 5.75 Å². The molecule has 1 fully saturated rings. The van der Waals surface area contributed by atoms with E-state index >= 15 is 0 Å². The standard InChI is InChI=1S/C23H24N6O3/c30-20(25-22-26-23(28-27-22)29-11-4-1-5-12-29)16-8-6-9-17(13-16)24-21(31)19-14-15-7-2-3-10-18(15)32-19/h2-3,6-10,13,19H,1,4-5,11-12,14H2,(H,24,31)(H2,25,26,27,28,30). The van der Waals surface area contributed by atoms with Crippen molar-refractivity contribution < 1.29 is 14.3 Å². The number of amides is 2. The van der Waals surface area contributed by atoms with Crippen LogP contribution in [-0.4, -0.2) is 46.2 Å². The van der Waals surface area contributed by atoms with Gasteiger partial charge in [-0.05, 0) is 49.1 Å². The van der Waals surface area contributed by atoms with Crippen LogP contribution in [-0.2, 0) is 11.2 Å². The van der Waals surface area contributed by atoms with Crippen molar-refractivity contribution in [3.63, 3.8) is 0 Å². The second kappa shape index (κ2) is 8.70. The van der Waals surface area contributed by atoms with E-state index in [0.717, 1.165) is 37.2 Å². The molecule has 2 aromatic carbocycles. The number of fused-ring (bicyclic) bond motifs is 1. The SMILES string of the molecule is O=C(Nc1nc(N2CCCCC2)n[nH]1)c1cccc(NC(=O)C2Cc3ccccc3O2)c1. The minimum atomic E-state index is -0.590. The van der Waals surface area contributed by atoms with Crippen LogP contribution in [0, 0.1) is 0 Å². The van der Waals surface area contributed by atoms with Gasteiger partial charge in [0.2, 0.25) is 11.9 Å². The van der Waals surface area contributed by atoms with Gasteiger partial charge >= 0.3 is 0 Å². The Balaban J connectivity index is 1.21. The molecule has 1 saturated heterocycles. The summed E-state index contributed by atoms with van der Waals surface area (Å²) >= 11 is 0. The molecule has 0 aliphatic carbocycles. The Labute approximate surface area is 185 Å². The summed E-state index contributed by atoms with van der Waals surface area (Å²) < 4.78 is 5.74. The second-order valence-corrected chi connectivity index (χ2v) is 7.97. The number of carbonyl (C=O) groups excluding carboxylic acids is 2. The summed E-state index contributed by atoms with van der Waals surface area (Å²) in [6, 6.07) is 14.4. The molecule has 1 aromatic heterocycles. The van der Waals surface area contributed by atoms with Crippen molar-refractivity contribution in [3.05, 3.63) is 59.7 Å². The number of nitrogens with one attached hydrogen (secondary N) is 3. The third-order valence-corrected chi connectivity index (χ3v) is 5.68. The molecule has 1 atom stereocenters. The summed E-state index contributed by atoms with van der Waals surface area (Å²) in [6.07, 6.45) is 3.39. The Kier molecular flexibility index (Phi) is 5.45. The van der Waals surface area contributed by atoms with Gasteiger partial charge in [0.15, 0.2) is 6.10 Å². The van der Waals surface area contributed by atoms with Gasteiger partial charge in [-0.3, -0.25) is 14.9 Å². The van der Waals surface area contributed by atoms with Crippen molar-refractivity contribution >= 4 is 29.4 Å². The van der Waals surface area contributed by atoms with E-state index in [2.05, 4.69) is 30.7 Å². The fourth-order valence-corrected chi connectivity index (χ4v) is 4.01. The predicted molar refractivity (Wildman–Crippen MR) is 120 cm³/mol. The molecule has 3 heterocycles. The molecular formula is C23H24N6O3. The van der Waals surface area contributed by atoms with Crippen molar-refractivity contribution in [1.29, 1.82) is 0 Å². The normalized spacial score (nSPS) is 17.4. The van der Waals surface area contributed by atoms with Gasteiger partial charge in [0.25, 0.3) is 11.8 Å². The molecular weight excluding hydrogens is 408 g/mol. The summed E-state index contributed by atoms with van der Waals surface area (Å²) in [7, 11) is 0. The second-order valence-electron chi connectivity index (χ2n) is 7.97. The smallest absolute Gasteiger partial charge is 0.265 e. The Morgan fingerprint density at radius 1 is 1.03 bits per heavy atom. The first-order valence-corrected chi connectivity index (χ1v) is 10.8. The van der Waals surface area contributed by atoms with Crippen molar-refractivity contribution in [2.24, 2.45) is 0 Å². The van der Waals surface area contributed by atoms with Gasteiger partial charge in [0.05, 0.1) is 0 Å². The van der Waals surface area contributed by atoms with Crippen LogP contribution in [0.3, 0.4) is 0 Å². The molecule has 1 unspecified atom stereocenters. The van der Waals surface area contributed by atoms with Gasteiger partial charge in [-0.2, -0.15) is 4.98 Å². The van der Waals surface area contributed by atoms with Gasteiger partial charge in [0, 0.05) is 30.8 Å². The minimum absolute atomic E-state index is 0.250. The van der Waals surface area contributed by atoms with Gasteiger partial charge in [-0.25, -0.2) is 5.10 Å². The molecule has 0 radical (unpaired) electrons. The van der Waals surface area contributed by atoms with Crippen LogP contribution in [0.1, 0.15) is 35.2 Å². The number of aromatic amines is 1. The molecule has 0 saturated carbocycles. The largest absolute Gasteiger partial charge is 0.480 e. The summed E-state index contributed by atoms with van der Waals surface area (Å²) in [4.78, 5) is 31.8. The molecule has 0 spiro atoms. The fraction of sp³-hybridized carbons (Fsp3) is 0.304. The number of piperidine rings is 1. The number of nitrogens with zero attached hydrogens (tertiary/aromatic N) is 3. The molecule has 3 aromatic rings. The van der Waals surface area contributed by atoms with Crippen LogP contribution in [0.4, 0.5) is 17.6 Å². The Bertz CT molecular complexity index is 1110. The number of benzene rings is 2. The monoisotopic (exact) mass is 432 g/mol. The average molecular weight is 432 g/mol. The zero-order chi connectivity index (χ0) is 21.9. The van der Waals surface area contributed by atoms with Crippen molar-refractivity contribution in [2.45, 2.75) is 31.8 Å². The minimum Gasteiger partial charge on any atom is -0.480 e. The van der Waals surface area contributed by atoms with Crippen molar-refractivity contribution in [1.82, 2.24) is 15.2 Å². The van der Waals surface area contributed by atoms with Gasteiger partial charge < -0.3 is 15.0 Å². The fourth-order valence-electron chi connectivity index (χ4n) is 4.01. The Morgan fingerprint density at radius 3 is 2.72 bits per heavy atom. The van der Waals surface area contributed by atoms with E-state index in [1.165, 1.54) is 6.42 Å². The maximum Gasteiger partial charge on any atom is 0.265 e. The molecule has 9 heteroatoms. The highest BCUT2D eigenvalue weighted by molar-refractivity contribution is 6.04. The number of carbonyl (C=O) groups is 2. The zero-order valence-electron chi connectivity index (χ0n) is 17.5. The third-order valence-electron chi connectivity index (χ3n) is 5.68. The number of rotatable bonds is 5. The quantitative estimate of drug-likeness (QED) is 0.571. The lowest BCUT2D eigenvalue weighted by molar-refractivity contribution is -0.122. The first-order valence-electron chi connectivity index (χ1n) is 10.8. The lowest BCUT2D eigenvalue weighted by Crippen LogP contribution is -2.31. The molecule has 0 bridgehead atoms. The third kappa shape index (κ3) is 4.27. The Morgan fingerprint density at radius 2 is 1.88 bits per heavy atom. The van der Waals surface area contributed by atoms with E-state index in [4.69, 9.17) is 4.74 Å². The number of anilines is 3. The van der Waals surface area contributed by atoms with E-state index in [9.17, 15) is 9.59 Å². The van der Waals surface area contributed by atoms with Crippen molar-refractivity contribution in [2.75, 3.05) is 28.6 Å². The molecule has 2 amide bonds. The van der Waals surface area contributed by atoms with E-state index in [1.54, 1.807) is 24.3 Å². The zero-order valence-corrected chi connectivity index (χ0v) is 17.5. The van der Waals surface area contributed by atoms with E-state index < -0.39 is 6.10 Å². The number of H-pyrrole nitrogens is 1. The van der Waals surface area contributed by atoms with Crippen molar-refractivity contribution in [3.8, 4) is 5.75 Å². The first-order chi connectivity index (χ1) is 15.7. The lowest BCUT2D eigenvalue weighted by atomic mass is 10.1. The van der Waals surface area contributed by atoms with Crippen LogP contribution in [0.2, 0.25) is 0 Å². The molecule has 9 nitrogen and oxygen atoms in total. The maximum absolute atomic E-state index is 12.7. The van der Waals surface area contributed by atoms with Gasteiger partial charge in [-0.1, -0.05) is 24.3 Å². The summed E-state index contributed by atoms with van der Waals surface area (Å²) in [5.74, 6) is 1.03. The topological polar surface area (TPSA) is 112 Å². The van der Waals surface area contributed by atoms with E-state index in [1.807, 2.05) is 24.3 Å². The van der Waals surface area contributed by atoms with Gasteiger partial charge in [0.1, 0.15) is 5.75 Å². The maximum atomic E-state index is 12.7. The number of ether oxygens (including phenoxy) is 1. The molecule has 5 rings (SSSR count). The average Bonchev–Trinajstić information content (AvgIpc) is 3.47. The summed E-state index contributed by atoms with van der Waals surface area (Å²) in [6.45, 7) is 1.84. The van der Waals surface area contributed by atoms with Crippen LogP contribution >= 0.6 is 0 Å². The van der Waals surface area contributed by atoms with Gasteiger partial charge in [-0.15, -0.1) is 5.10 Å². The lowest BCUT2D eigenvalue weighted by Gasteiger charge is -2.24. The first kappa shape index (κ1) is 20.0. The molecule has 164 valence electrons. The van der Waals surface area contributed by atoms with Crippen LogP contribution in [0.15, 0.2) is 48.5 Å². The van der Waals surface area contributed by atoms with E-state index in [0.29, 0.717) is 29.6 Å². The molecule has 2 aliphatic rings. The van der Waals surface area contributed by atoms with Crippen LogP contribution < -0.4 is 20.3 Å². The number of hydrogen-bond acceptors (Lipinski definition) is 6. The van der Waals surface area contributed by atoms with E-state index in [-0.39, 0.29) is 11.8 Å². The Hall–Kier alpha value is -3.88. The highest BCUT2D eigenvalue weighted by Crippen LogP contribution is 2.28. The summed E-state index contributed by atoms with van der Waals surface area (Å²) in [5.41, 5.74) is 1.93. The molecule has 3 N–H and O–H groups in total. The molecule has 32 heavy (non-hydrogen) atoms. The summed E-state index contributed by atoms with van der Waals surface area (Å²) in [5, 5.41) is 12.6. The predicted octanol–water partition coefficient (Wildman–Crippen LogP) is 2.99. The number of aromatic nitrogens is 3. The number of hydrogen-bond donors (Lipinski definition) is 3. The van der Waals surface area contributed by atoms with Crippen LogP contribution in [0.25, 0.3) is 0 Å². The number of para-hydroxylation sites is 1. The molecule has 2 aliphatic heterocycles. The highest BCUT2D eigenvalue weighted by atomic mass is 16.5.